The molecule has 0 aliphatic carbocycles. The fraction of sp³-hybridized carbons (Fsp3) is 0.179. The molecule has 5 nitrogen and oxygen atoms in total. The standard InChI is InChI=1S/C28H26FN3O2/c1-3-34-23-14-11-20(12-15-23)27-26-9-6-16-31(26)25-8-5-4-7-21(25)18-32(27)28(33)30-22-13-10-19(2)24(29)17-22/h4-17,27H,3,18H2,1-2H3,(H,30,33)/t27-/m1/s1. The van der Waals surface area contributed by atoms with Gasteiger partial charge in [-0.25, -0.2) is 9.18 Å². The number of hydrogen-bond acceptors (Lipinski definition) is 2. The SMILES string of the molecule is CCOc1ccc([C@@H]2c3cccn3-c3ccccc3CN2C(=O)Nc2ccc(C)c(F)c2)cc1. The summed E-state index contributed by atoms with van der Waals surface area (Å²) in [7, 11) is 0. The van der Waals surface area contributed by atoms with Gasteiger partial charge in [0.1, 0.15) is 11.6 Å². The van der Waals surface area contributed by atoms with Crippen LogP contribution in [0.15, 0.2) is 85.1 Å². The molecule has 1 aliphatic heterocycles. The van der Waals surface area contributed by atoms with Gasteiger partial charge in [0, 0.05) is 17.6 Å². The number of hydrogen-bond donors (Lipinski definition) is 1. The summed E-state index contributed by atoms with van der Waals surface area (Å²) < 4.78 is 21.9. The highest BCUT2D eigenvalue weighted by Crippen LogP contribution is 2.37. The Labute approximate surface area is 198 Å². The van der Waals surface area contributed by atoms with Gasteiger partial charge in [-0.05, 0) is 73.0 Å². The molecular weight excluding hydrogens is 429 g/mol. The van der Waals surface area contributed by atoms with Crippen LogP contribution < -0.4 is 10.1 Å². The number of benzene rings is 3. The maximum absolute atomic E-state index is 14.2. The van der Waals surface area contributed by atoms with E-state index in [1.807, 2.05) is 67.7 Å². The van der Waals surface area contributed by atoms with E-state index < -0.39 is 0 Å². The molecular formula is C28H26FN3O2. The Bertz CT molecular complexity index is 1330. The van der Waals surface area contributed by atoms with Crippen molar-refractivity contribution in [2.45, 2.75) is 26.4 Å². The number of carbonyl (C=O) groups is 1. The summed E-state index contributed by atoms with van der Waals surface area (Å²) in [6, 6.07) is 24.0. The van der Waals surface area contributed by atoms with Gasteiger partial charge in [0.25, 0.3) is 0 Å². The molecule has 5 rings (SSSR count). The first-order valence-corrected chi connectivity index (χ1v) is 11.4. The van der Waals surface area contributed by atoms with Crippen LogP contribution in [0, 0.1) is 12.7 Å². The smallest absolute Gasteiger partial charge is 0.322 e. The minimum atomic E-state index is -0.353. The Hall–Kier alpha value is -4.06. The van der Waals surface area contributed by atoms with Gasteiger partial charge in [0.05, 0.1) is 24.9 Å². The van der Waals surface area contributed by atoms with Crippen molar-refractivity contribution in [3.8, 4) is 11.4 Å². The molecule has 34 heavy (non-hydrogen) atoms. The second-order valence-electron chi connectivity index (χ2n) is 8.36. The van der Waals surface area contributed by atoms with Crippen molar-refractivity contribution in [2.24, 2.45) is 0 Å². The monoisotopic (exact) mass is 455 g/mol. The van der Waals surface area contributed by atoms with Crippen LogP contribution in [0.25, 0.3) is 5.69 Å². The number of fused-ring (bicyclic) bond motifs is 3. The van der Waals surface area contributed by atoms with E-state index in [1.54, 1.807) is 24.0 Å². The lowest BCUT2D eigenvalue weighted by atomic mass is 10.0. The van der Waals surface area contributed by atoms with Crippen LogP contribution in [-0.4, -0.2) is 22.1 Å². The molecule has 1 N–H and O–H groups in total. The summed E-state index contributed by atoms with van der Waals surface area (Å²) in [5, 5.41) is 2.91. The van der Waals surface area contributed by atoms with E-state index in [-0.39, 0.29) is 17.9 Å². The fourth-order valence-corrected chi connectivity index (χ4v) is 4.47. The van der Waals surface area contributed by atoms with E-state index in [0.717, 1.165) is 28.3 Å². The lowest BCUT2D eigenvalue weighted by Gasteiger charge is -2.31. The topological polar surface area (TPSA) is 46.5 Å². The number of aromatic nitrogens is 1. The molecule has 0 bridgehead atoms. The van der Waals surface area contributed by atoms with Crippen molar-refractivity contribution in [1.29, 1.82) is 0 Å². The van der Waals surface area contributed by atoms with Gasteiger partial charge >= 0.3 is 6.03 Å². The lowest BCUT2D eigenvalue weighted by Crippen LogP contribution is -2.37. The van der Waals surface area contributed by atoms with Gasteiger partial charge in [-0.15, -0.1) is 0 Å². The number of anilines is 1. The fourth-order valence-electron chi connectivity index (χ4n) is 4.47. The Morgan fingerprint density at radius 1 is 1.06 bits per heavy atom. The molecule has 0 fully saturated rings. The first-order valence-electron chi connectivity index (χ1n) is 11.4. The third-order valence-corrected chi connectivity index (χ3v) is 6.15. The van der Waals surface area contributed by atoms with Crippen LogP contribution in [0.1, 0.15) is 35.3 Å². The first-order chi connectivity index (χ1) is 16.5. The lowest BCUT2D eigenvalue weighted by molar-refractivity contribution is 0.194. The quantitative estimate of drug-likeness (QED) is 0.384. The molecule has 6 heteroatoms. The van der Waals surface area contributed by atoms with Crippen LogP contribution >= 0.6 is 0 Å². The second kappa shape index (κ2) is 9.06. The summed E-state index contributed by atoms with van der Waals surface area (Å²) in [5.41, 5.74) is 4.95. The van der Waals surface area contributed by atoms with Gasteiger partial charge in [0.15, 0.2) is 0 Å². The number of aryl methyl sites for hydroxylation is 1. The zero-order valence-corrected chi connectivity index (χ0v) is 19.2. The van der Waals surface area contributed by atoms with Gasteiger partial charge in [-0.3, -0.25) is 0 Å². The van der Waals surface area contributed by atoms with Crippen molar-refractivity contribution in [3.63, 3.8) is 0 Å². The second-order valence-corrected chi connectivity index (χ2v) is 8.36. The number of nitrogens with one attached hydrogen (secondary N) is 1. The Morgan fingerprint density at radius 2 is 1.85 bits per heavy atom. The number of urea groups is 1. The molecule has 0 saturated carbocycles. The average Bonchev–Trinajstić information content (AvgIpc) is 3.27. The number of halogens is 1. The predicted molar refractivity (Wildman–Crippen MR) is 131 cm³/mol. The van der Waals surface area contributed by atoms with E-state index in [1.165, 1.54) is 6.07 Å². The van der Waals surface area contributed by atoms with E-state index in [9.17, 15) is 9.18 Å². The number of carbonyl (C=O) groups excluding carboxylic acids is 1. The van der Waals surface area contributed by atoms with Crippen LogP contribution in [0.4, 0.5) is 14.9 Å². The third-order valence-electron chi connectivity index (χ3n) is 6.15. The predicted octanol–water partition coefficient (Wildman–Crippen LogP) is 6.46. The molecule has 2 heterocycles. The van der Waals surface area contributed by atoms with Crippen LogP contribution in [-0.2, 0) is 6.54 Å². The average molecular weight is 456 g/mol. The molecule has 4 aromatic rings. The van der Waals surface area contributed by atoms with Gasteiger partial charge in [0.2, 0.25) is 0 Å². The van der Waals surface area contributed by atoms with E-state index in [2.05, 4.69) is 16.0 Å². The molecule has 0 unspecified atom stereocenters. The highest BCUT2D eigenvalue weighted by atomic mass is 19.1. The third kappa shape index (κ3) is 4.03. The van der Waals surface area contributed by atoms with Crippen molar-refractivity contribution in [1.82, 2.24) is 9.47 Å². The summed E-state index contributed by atoms with van der Waals surface area (Å²) in [6.07, 6.45) is 2.02. The van der Waals surface area contributed by atoms with Gasteiger partial charge in [-0.1, -0.05) is 36.4 Å². The zero-order chi connectivity index (χ0) is 23.7. The molecule has 3 aromatic carbocycles. The normalized spacial score (nSPS) is 14.7. The molecule has 0 spiro atoms. The number of amides is 2. The van der Waals surface area contributed by atoms with Crippen molar-refractivity contribution in [3.05, 3.63) is 113 Å². The highest BCUT2D eigenvalue weighted by molar-refractivity contribution is 5.90. The Kier molecular flexibility index (Phi) is 5.80. The maximum Gasteiger partial charge on any atom is 0.322 e. The first kappa shape index (κ1) is 21.8. The number of para-hydroxylation sites is 1. The highest BCUT2D eigenvalue weighted by Gasteiger charge is 2.33. The summed E-state index contributed by atoms with van der Waals surface area (Å²) >= 11 is 0. The summed E-state index contributed by atoms with van der Waals surface area (Å²) in [5.74, 6) is 0.431. The van der Waals surface area contributed by atoms with Gasteiger partial charge in [-0.2, -0.15) is 0 Å². The van der Waals surface area contributed by atoms with Crippen LogP contribution in [0.3, 0.4) is 0 Å². The molecule has 1 aliphatic rings. The van der Waals surface area contributed by atoms with E-state index in [0.29, 0.717) is 24.4 Å². The van der Waals surface area contributed by atoms with E-state index in [4.69, 9.17) is 4.74 Å². The number of ether oxygens (including phenoxy) is 1. The minimum Gasteiger partial charge on any atom is -0.494 e. The minimum absolute atomic E-state index is 0.299. The molecule has 0 saturated heterocycles. The van der Waals surface area contributed by atoms with Crippen molar-refractivity contribution >= 4 is 11.7 Å². The number of rotatable bonds is 4. The van der Waals surface area contributed by atoms with Crippen LogP contribution in [0.2, 0.25) is 0 Å². The Morgan fingerprint density at radius 3 is 2.62 bits per heavy atom. The number of nitrogens with zero attached hydrogens (tertiary/aromatic N) is 2. The summed E-state index contributed by atoms with van der Waals surface area (Å²) in [4.78, 5) is 15.5. The van der Waals surface area contributed by atoms with Gasteiger partial charge < -0.3 is 19.5 Å². The molecule has 1 atom stereocenters. The molecule has 0 radical (unpaired) electrons. The zero-order valence-electron chi connectivity index (χ0n) is 19.2. The largest absolute Gasteiger partial charge is 0.494 e. The van der Waals surface area contributed by atoms with E-state index >= 15 is 0 Å². The maximum atomic E-state index is 14.2. The molecule has 172 valence electrons. The van der Waals surface area contributed by atoms with Crippen molar-refractivity contribution < 1.29 is 13.9 Å². The molecule has 1 aromatic heterocycles. The Balaban J connectivity index is 1.59. The summed E-state index contributed by atoms with van der Waals surface area (Å²) in [6.45, 7) is 4.63. The molecule has 2 amide bonds. The van der Waals surface area contributed by atoms with Crippen molar-refractivity contribution in [2.75, 3.05) is 11.9 Å². The van der Waals surface area contributed by atoms with Crippen LogP contribution in [0.5, 0.6) is 5.75 Å².